The number of halogens is 4. The van der Waals surface area contributed by atoms with Gasteiger partial charge in [-0.1, -0.05) is 12.1 Å². The van der Waals surface area contributed by atoms with Crippen molar-refractivity contribution in [3.8, 4) is 0 Å². The molecule has 1 aromatic rings. The average molecular weight is 279 g/mol. The van der Waals surface area contributed by atoms with Gasteiger partial charge < -0.3 is 10.4 Å². The Labute approximate surface area is 105 Å². The molecule has 2 N–H and O–H groups in total. The summed E-state index contributed by atoms with van der Waals surface area (Å²) in [5.41, 5.74) is -0.690. The zero-order valence-electron chi connectivity index (χ0n) is 9.58. The number of alkyl halides is 4. The van der Waals surface area contributed by atoms with Crippen LogP contribution in [0.4, 0.5) is 23.2 Å². The van der Waals surface area contributed by atoms with Crippen molar-refractivity contribution in [1.29, 1.82) is 0 Å². The number of hydrogen-bond donors (Lipinski definition) is 2. The molecule has 0 radical (unpaired) electrons. The molecule has 1 amide bonds. The van der Waals surface area contributed by atoms with Crippen molar-refractivity contribution >= 4 is 17.6 Å². The fourth-order valence-electron chi connectivity index (χ4n) is 1.36. The maximum Gasteiger partial charge on any atom is 0.383 e. The summed E-state index contributed by atoms with van der Waals surface area (Å²) in [6.07, 6.45) is -4.18. The summed E-state index contributed by atoms with van der Waals surface area (Å²) in [4.78, 5) is 21.9. The molecule has 0 aliphatic rings. The third kappa shape index (κ3) is 3.01. The largest absolute Gasteiger partial charge is 0.478 e. The number of hydrogen-bond acceptors (Lipinski definition) is 2. The first kappa shape index (κ1) is 14.9. The minimum Gasteiger partial charge on any atom is -0.478 e. The quantitative estimate of drug-likeness (QED) is 0.832. The summed E-state index contributed by atoms with van der Waals surface area (Å²) in [6, 6.07) is 3.72. The predicted molar refractivity (Wildman–Crippen MR) is 57.7 cm³/mol. The van der Waals surface area contributed by atoms with Gasteiger partial charge >= 0.3 is 24.2 Å². The van der Waals surface area contributed by atoms with Gasteiger partial charge in [0, 0.05) is 0 Å². The molecule has 0 saturated heterocycles. The fourth-order valence-corrected chi connectivity index (χ4v) is 1.36. The van der Waals surface area contributed by atoms with Gasteiger partial charge in [-0.25, -0.2) is 13.6 Å². The van der Waals surface area contributed by atoms with Gasteiger partial charge in [0.25, 0.3) is 0 Å². The molecular formula is C11H9F4NO3. The van der Waals surface area contributed by atoms with Crippen LogP contribution in [-0.4, -0.2) is 29.3 Å². The molecule has 19 heavy (non-hydrogen) atoms. The monoisotopic (exact) mass is 279 g/mol. The number of carboxylic acid groups (broad SMARTS) is 1. The van der Waals surface area contributed by atoms with Crippen LogP contribution >= 0.6 is 0 Å². The minimum absolute atomic E-state index is 0.200. The lowest BCUT2D eigenvalue weighted by atomic mass is 10.1. The van der Waals surface area contributed by atoms with E-state index in [1.165, 1.54) is 24.4 Å². The molecule has 104 valence electrons. The maximum absolute atomic E-state index is 12.7. The predicted octanol–water partition coefficient (Wildman–Crippen LogP) is 2.53. The Morgan fingerprint density at radius 2 is 1.89 bits per heavy atom. The summed E-state index contributed by atoms with van der Waals surface area (Å²) in [5.74, 6) is -8.61. The van der Waals surface area contributed by atoms with E-state index in [0.29, 0.717) is 0 Å². The number of carbonyl (C=O) groups is 2. The topological polar surface area (TPSA) is 66.4 Å². The molecule has 0 saturated carbocycles. The summed E-state index contributed by atoms with van der Waals surface area (Å²) in [6.45, 7) is 1.38. The molecule has 0 aromatic heterocycles. The number of carboxylic acids is 1. The SMILES string of the molecule is Cc1cccc(NC(=O)C(F)(F)C(F)F)c1C(=O)O. The first-order valence-electron chi connectivity index (χ1n) is 4.98. The third-order valence-electron chi connectivity index (χ3n) is 2.31. The third-order valence-corrected chi connectivity index (χ3v) is 2.31. The second-order valence-electron chi connectivity index (χ2n) is 3.68. The van der Waals surface area contributed by atoms with Crippen LogP contribution in [0.25, 0.3) is 0 Å². The van der Waals surface area contributed by atoms with Crippen LogP contribution in [0, 0.1) is 6.92 Å². The molecule has 0 unspecified atom stereocenters. The molecule has 0 aliphatic heterocycles. The Hall–Kier alpha value is -2.12. The van der Waals surface area contributed by atoms with E-state index in [0.717, 1.165) is 6.07 Å². The van der Waals surface area contributed by atoms with E-state index in [-0.39, 0.29) is 5.56 Å². The zero-order valence-corrected chi connectivity index (χ0v) is 9.58. The standard InChI is InChI=1S/C11H9F4NO3/c1-5-3-2-4-6(7(5)8(17)18)16-10(19)11(14,15)9(12)13/h2-4,9H,1H3,(H,16,19)(H,17,18). The molecule has 0 aliphatic carbocycles. The number of nitrogens with one attached hydrogen (secondary N) is 1. The summed E-state index contributed by atoms with van der Waals surface area (Å²) in [5, 5.41) is 10.4. The number of benzene rings is 1. The Balaban J connectivity index is 3.11. The fraction of sp³-hybridized carbons (Fsp3) is 0.273. The normalized spacial score (nSPS) is 11.5. The van der Waals surface area contributed by atoms with E-state index < -0.39 is 35.5 Å². The molecule has 4 nitrogen and oxygen atoms in total. The van der Waals surface area contributed by atoms with Crippen molar-refractivity contribution < 1.29 is 32.3 Å². The highest BCUT2D eigenvalue weighted by Crippen LogP contribution is 2.26. The van der Waals surface area contributed by atoms with Gasteiger partial charge in [0.1, 0.15) is 0 Å². The second kappa shape index (κ2) is 5.25. The van der Waals surface area contributed by atoms with Gasteiger partial charge in [-0.05, 0) is 18.6 Å². The van der Waals surface area contributed by atoms with Crippen LogP contribution in [0.1, 0.15) is 15.9 Å². The van der Waals surface area contributed by atoms with E-state index in [9.17, 15) is 27.2 Å². The van der Waals surface area contributed by atoms with Gasteiger partial charge in [0.2, 0.25) is 0 Å². The lowest BCUT2D eigenvalue weighted by molar-refractivity contribution is -0.163. The van der Waals surface area contributed by atoms with E-state index in [1.807, 2.05) is 0 Å². The van der Waals surface area contributed by atoms with Crippen molar-refractivity contribution in [3.05, 3.63) is 29.3 Å². The number of carbonyl (C=O) groups excluding carboxylic acids is 1. The second-order valence-corrected chi connectivity index (χ2v) is 3.68. The molecule has 0 bridgehead atoms. The molecular weight excluding hydrogens is 270 g/mol. The van der Waals surface area contributed by atoms with E-state index in [2.05, 4.69) is 0 Å². The van der Waals surface area contributed by atoms with Gasteiger partial charge in [-0.15, -0.1) is 0 Å². The first-order valence-corrected chi connectivity index (χ1v) is 4.98. The van der Waals surface area contributed by atoms with Crippen molar-refractivity contribution in [2.45, 2.75) is 19.3 Å². The van der Waals surface area contributed by atoms with E-state index in [1.54, 1.807) is 0 Å². The number of rotatable bonds is 4. The maximum atomic E-state index is 12.7. The molecule has 8 heteroatoms. The lowest BCUT2D eigenvalue weighted by Gasteiger charge is -2.16. The van der Waals surface area contributed by atoms with Crippen LogP contribution in [0.2, 0.25) is 0 Å². The van der Waals surface area contributed by atoms with Crippen LogP contribution in [0.3, 0.4) is 0 Å². The van der Waals surface area contributed by atoms with Crippen LogP contribution in [0.15, 0.2) is 18.2 Å². The van der Waals surface area contributed by atoms with Crippen molar-refractivity contribution in [2.24, 2.45) is 0 Å². The number of anilines is 1. The Kier molecular flexibility index (Phi) is 4.13. The highest BCUT2D eigenvalue weighted by atomic mass is 19.3. The van der Waals surface area contributed by atoms with E-state index in [4.69, 9.17) is 5.11 Å². The molecule has 0 heterocycles. The number of aromatic carboxylic acids is 1. The minimum atomic E-state index is -4.89. The molecule has 1 rings (SSSR count). The van der Waals surface area contributed by atoms with Crippen molar-refractivity contribution in [3.63, 3.8) is 0 Å². The first-order chi connectivity index (χ1) is 8.67. The number of amides is 1. The number of aryl methyl sites for hydroxylation is 1. The van der Waals surface area contributed by atoms with Crippen LogP contribution < -0.4 is 5.32 Å². The molecule has 1 aromatic carbocycles. The van der Waals surface area contributed by atoms with Gasteiger partial charge in [0.05, 0.1) is 11.3 Å². The zero-order chi connectivity index (χ0) is 14.8. The van der Waals surface area contributed by atoms with Gasteiger partial charge in [-0.3, -0.25) is 4.79 Å². The Morgan fingerprint density at radius 3 is 2.37 bits per heavy atom. The summed E-state index contributed by atoms with van der Waals surface area (Å²) >= 11 is 0. The van der Waals surface area contributed by atoms with Gasteiger partial charge in [-0.2, -0.15) is 8.78 Å². The van der Waals surface area contributed by atoms with Crippen LogP contribution in [0.5, 0.6) is 0 Å². The highest BCUT2D eigenvalue weighted by Gasteiger charge is 2.49. The average Bonchev–Trinajstić information content (AvgIpc) is 2.27. The lowest BCUT2D eigenvalue weighted by Crippen LogP contribution is -2.41. The summed E-state index contributed by atoms with van der Waals surface area (Å²) < 4.78 is 49.5. The molecule has 0 atom stereocenters. The van der Waals surface area contributed by atoms with Crippen LogP contribution in [-0.2, 0) is 4.79 Å². The van der Waals surface area contributed by atoms with Crippen molar-refractivity contribution in [2.75, 3.05) is 5.32 Å². The summed E-state index contributed by atoms with van der Waals surface area (Å²) in [7, 11) is 0. The van der Waals surface area contributed by atoms with Gasteiger partial charge in [0.15, 0.2) is 0 Å². The molecule has 0 fully saturated rings. The van der Waals surface area contributed by atoms with E-state index >= 15 is 0 Å². The Bertz CT molecular complexity index is 517. The molecule has 0 spiro atoms. The van der Waals surface area contributed by atoms with Crippen molar-refractivity contribution in [1.82, 2.24) is 0 Å². The Morgan fingerprint density at radius 1 is 1.32 bits per heavy atom. The highest BCUT2D eigenvalue weighted by molar-refractivity contribution is 6.03. The smallest absolute Gasteiger partial charge is 0.383 e.